The number of methoxy groups -OCH3 is 1. The summed E-state index contributed by atoms with van der Waals surface area (Å²) in [4.78, 5) is 17.5. The van der Waals surface area contributed by atoms with Crippen LogP contribution in [0.3, 0.4) is 0 Å². The van der Waals surface area contributed by atoms with Crippen LogP contribution >= 0.6 is 34.5 Å². The number of carbonyl (C=O) groups is 1. The van der Waals surface area contributed by atoms with Gasteiger partial charge < -0.3 is 10.1 Å². The molecule has 1 N–H and O–H groups in total. The molecular formula is C20H16Cl2N2O2S. The number of thiazole rings is 1. The molecule has 3 aromatic rings. The second-order valence-corrected chi connectivity index (χ2v) is 7.47. The van der Waals surface area contributed by atoms with Crippen molar-refractivity contribution in [3.05, 3.63) is 74.7 Å². The largest absolute Gasteiger partial charge is 0.497 e. The van der Waals surface area contributed by atoms with Crippen molar-refractivity contribution in [1.29, 1.82) is 0 Å². The molecule has 138 valence electrons. The van der Waals surface area contributed by atoms with E-state index in [0.29, 0.717) is 25.7 Å². The van der Waals surface area contributed by atoms with Crippen molar-refractivity contribution >= 4 is 57.2 Å². The van der Waals surface area contributed by atoms with E-state index >= 15 is 0 Å². The van der Waals surface area contributed by atoms with Gasteiger partial charge in [-0.15, -0.1) is 0 Å². The number of halogens is 2. The SMILES string of the molecule is COc1ccc(/C=C/C(=O)c2sc(Nc3ccc(Cl)c(Cl)c3)nc2C)cc1. The second-order valence-electron chi connectivity index (χ2n) is 5.66. The number of nitrogens with one attached hydrogen (secondary N) is 1. The van der Waals surface area contributed by atoms with Gasteiger partial charge in [0.05, 0.1) is 27.7 Å². The maximum Gasteiger partial charge on any atom is 0.197 e. The van der Waals surface area contributed by atoms with Gasteiger partial charge in [0.25, 0.3) is 0 Å². The third-order valence-corrected chi connectivity index (χ3v) is 5.56. The molecule has 0 saturated carbocycles. The van der Waals surface area contributed by atoms with E-state index in [2.05, 4.69) is 10.3 Å². The number of nitrogens with zero attached hydrogens (tertiary/aromatic N) is 1. The van der Waals surface area contributed by atoms with E-state index in [1.165, 1.54) is 11.3 Å². The third kappa shape index (κ3) is 4.89. The minimum Gasteiger partial charge on any atom is -0.497 e. The lowest BCUT2D eigenvalue weighted by Crippen LogP contribution is -1.93. The lowest BCUT2D eigenvalue weighted by atomic mass is 10.1. The molecule has 0 spiro atoms. The molecule has 0 aliphatic rings. The molecular weight excluding hydrogens is 403 g/mol. The topological polar surface area (TPSA) is 51.2 Å². The minimum absolute atomic E-state index is 0.0944. The molecule has 0 saturated heterocycles. The van der Waals surface area contributed by atoms with Gasteiger partial charge in [0.2, 0.25) is 0 Å². The van der Waals surface area contributed by atoms with Gasteiger partial charge >= 0.3 is 0 Å². The predicted molar refractivity (Wildman–Crippen MR) is 113 cm³/mol. The van der Waals surface area contributed by atoms with Crippen molar-refractivity contribution < 1.29 is 9.53 Å². The van der Waals surface area contributed by atoms with Crippen LogP contribution < -0.4 is 10.1 Å². The molecule has 4 nitrogen and oxygen atoms in total. The van der Waals surface area contributed by atoms with Crippen LogP contribution in [-0.2, 0) is 0 Å². The highest BCUT2D eigenvalue weighted by molar-refractivity contribution is 7.17. The molecule has 0 aliphatic carbocycles. The molecule has 1 heterocycles. The van der Waals surface area contributed by atoms with E-state index in [-0.39, 0.29) is 5.78 Å². The Morgan fingerprint density at radius 2 is 1.89 bits per heavy atom. The van der Waals surface area contributed by atoms with Crippen molar-refractivity contribution in [2.75, 3.05) is 12.4 Å². The molecule has 0 aliphatic heterocycles. The van der Waals surface area contributed by atoms with Crippen LogP contribution in [0, 0.1) is 6.92 Å². The van der Waals surface area contributed by atoms with E-state index in [1.54, 1.807) is 37.5 Å². The number of allylic oxidation sites excluding steroid dienone is 1. The van der Waals surface area contributed by atoms with Crippen LogP contribution in [-0.4, -0.2) is 17.9 Å². The Balaban J connectivity index is 1.73. The Labute approximate surface area is 171 Å². The Bertz CT molecular complexity index is 998. The first kappa shape index (κ1) is 19.4. The Morgan fingerprint density at radius 1 is 1.15 bits per heavy atom. The number of benzene rings is 2. The van der Waals surface area contributed by atoms with Gasteiger partial charge in [-0.1, -0.05) is 52.7 Å². The zero-order chi connectivity index (χ0) is 19.4. The first-order chi connectivity index (χ1) is 13.0. The van der Waals surface area contributed by atoms with Gasteiger partial charge in [-0.05, 0) is 48.9 Å². The van der Waals surface area contributed by atoms with Gasteiger partial charge in [-0.3, -0.25) is 4.79 Å². The zero-order valence-electron chi connectivity index (χ0n) is 14.6. The fourth-order valence-corrected chi connectivity index (χ4v) is 3.54. The van der Waals surface area contributed by atoms with Crippen molar-refractivity contribution in [2.24, 2.45) is 0 Å². The van der Waals surface area contributed by atoms with E-state index in [4.69, 9.17) is 27.9 Å². The van der Waals surface area contributed by atoms with E-state index in [1.807, 2.05) is 31.2 Å². The molecule has 7 heteroatoms. The summed E-state index contributed by atoms with van der Waals surface area (Å²) in [6, 6.07) is 12.7. The number of anilines is 2. The fourth-order valence-electron chi connectivity index (χ4n) is 2.34. The van der Waals surface area contributed by atoms with Crippen LogP contribution in [0.15, 0.2) is 48.5 Å². The number of hydrogen-bond acceptors (Lipinski definition) is 5. The summed E-state index contributed by atoms with van der Waals surface area (Å²) in [5.74, 6) is 0.679. The summed E-state index contributed by atoms with van der Waals surface area (Å²) in [5.41, 5.74) is 2.35. The minimum atomic E-state index is -0.0944. The number of ether oxygens (including phenoxy) is 1. The lowest BCUT2D eigenvalue weighted by molar-refractivity contribution is 0.105. The normalized spacial score (nSPS) is 11.0. The summed E-state index contributed by atoms with van der Waals surface area (Å²) >= 11 is 13.2. The van der Waals surface area contributed by atoms with Gasteiger partial charge in [-0.25, -0.2) is 4.98 Å². The van der Waals surface area contributed by atoms with Crippen molar-refractivity contribution in [3.63, 3.8) is 0 Å². The molecule has 2 aromatic carbocycles. The maximum atomic E-state index is 12.5. The third-order valence-electron chi connectivity index (χ3n) is 3.73. The second kappa shape index (κ2) is 8.57. The van der Waals surface area contributed by atoms with Crippen LogP contribution in [0.1, 0.15) is 20.9 Å². The predicted octanol–water partition coefficient (Wildman–Crippen LogP) is 6.41. The Kier molecular flexibility index (Phi) is 6.16. The number of hydrogen-bond donors (Lipinski definition) is 1. The summed E-state index contributed by atoms with van der Waals surface area (Å²) in [6.07, 6.45) is 3.32. The highest BCUT2D eigenvalue weighted by atomic mass is 35.5. The van der Waals surface area contributed by atoms with Gasteiger partial charge in [0.1, 0.15) is 5.75 Å². The molecule has 3 rings (SSSR count). The van der Waals surface area contributed by atoms with Crippen molar-refractivity contribution in [3.8, 4) is 5.75 Å². The standard InChI is InChI=1S/C20H16Cl2N2O2S/c1-12-19(18(25)10-5-13-3-7-15(26-2)8-4-13)27-20(23-12)24-14-6-9-16(21)17(22)11-14/h3-11H,1-2H3,(H,23,24)/b10-5+. The van der Waals surface area contributed by atoms with E-state index in [0.717, 1.165) is 17.0 Å². The van der Waals surface area contributed by atoms with Crippen LogP contribution in [0.2, 0.25) is 10.0 Å². The lowest BCUT2D eigenvalue weighted by Gasteiger charge is -2.03. The average Bonchev–Trinajstić information content (AvgIpc) is 3.03. The molecule has 0 amide bonds. The quantitative estimate of drug-likeness (QED) is 0.371. The number of rotatable bonds is 6. The van der Waals surface area contributed by atoms with Gasteiger partial charge in [-0.2, -0.15) is 0 Å². The molecule has 0 radical (unpaired) electrons. The zero-order valence-corrected chi connectivity index (χ0v) is 17.0. The van der Waals surface area contributed by atoms with Crippen molar-refractivity contribution in [2.45, 2.75) is 6.92 Å². The summed E-state index contributed by atoms with van der Waals surface area (Å²) < 4.78 is 5.13. The summed E-state index contributed by atoms with van der Waals surface area (Å²) in [6.45, 7) is 1.81. The summed E-state index contributed by atoms with van der Waals surface area (Å²) in [5, 5.41) is 4.70. The highest BCUT2D eigenvalue weighted by Crippen LogP contribution is 2.30. The fraction of sp³-hybridized carbons (Fsp3) is 0.100. The van der Waals surface area contributed by atoms with Gasteiger partial charge in [0.15, 0.2) is 10.9 Å². The molecule has 0 bridgehead atoms. The van der Waals surface area contributed by atoms with E-state index in [9.17, 15) is 4.79 Å². The highest BCUT2D eigenvalue weighted by Gasteiger charge is 2.13. The number of carbonyl (C=O) groups excluding carboxylic acids is 1. The maximum absolute atomic E-state index is 12.5. The molecule has 0 fully saturated rings. The van der Waals surface area contributed by atoms with Crippen LogP contribution in [0.4, 0.5) is 10.8 Å². The summed E-state index contributed by atoms with van der Waals surface area (Å²) in [7, 11) is 1.62. The smallest absolute Gasteiger partial charge is 0.197 e. The molecule has 27 heavy (non-hydrogen) atoms. The first-order valence-corrected chi connectivity index (χ1v) is 9.59. The monoisotopic (exact) mass is 418 g/mol. The van der Waals surface area contributed by atoms with Crippen LogP contribution in [0.25, 0.3) is 6.08 Å². The molecule has 0 atom stereocenters. The first-order valence-electron chi connectivity index (χ1n) is 8.02. The molecule has 0 unspecified atom stereocenters. The number of aryl methyl sites for hydroxylation is 1. The molecule has 1 aromatic heterocycles. The average molecular weight is 419 g/mol. The van der Waals surface area contributed by atoms with Crippen molar-refractivity contribution in [1.82, 2.24) is 4.98 Å². The Hall–Kier alpha value is -2.34. The van der Waals surface area contributed by atoms with Crippen LogP contribution in [0.5, 0.6) is 5.75 Å². The Morgan fingerprint density at radius 3 is 2.56 bits per heavy atom. The van der Waals surface area contributed by atoms with E-state index < -0.39 is 0 Å². The number of aromatic nitrogens is 1. The van der Waals surface area contributed by atoms with Gasteiger partial charge in [0, 0.05) is 5.69 Å². The number of ketones is 1.